The Bertz CT molecular complexity index is 890. The lowest BCUT2D eigenvalue weighted by Crippen LogP contribution is -2.45. The topological polar surface area (TPSA) is 54.5 Å². The first-order chi connectivity index (χ1) is 14.2. The highest BCUT2D eigenvalue weighted by Crippen LogP contribution is 2.32. The number of morpholine rings is 1. The van der Waals surface area contributed by atoms with Crippen LogP contribution < -0.4 is 10.2 Å². The highest BCUT2D eigenvalue weighted by Gasteiger charge is 2.24. The van der Waals surface area contributed by atoms with Gasteiger partial charge in [0.05, 0.1) is 12.2 Å². The van der Waals surface area contributed by atoms with Gasteiger partial charge in [0, 0.05) is 49.2 Å². The number of aromatic nitrogens is 1. The molecule has 2 aromatic rings. The number of nitrogens with one attached hydrogen (secondary N) is 1. The van der Waals surface area contributed by atoms with Crippen molar-refractivity contribution in [2.45, 2.75) is 59.8 Å². The van der Waals surface area contributed by atoms with E-state index >= 15 is 4.39 Å². The lowest BCUT2D eigenvalue weighted by atomic mass is 9.97. The molecular weight excluding hydrogens is 381 g/mol. The third-order valence-corrected chi connectivity index (χ3v) is 5.20. The van der Waals surface area contributed by atoms with E-state index in [4.69, 9.17) is 4.74 Å². The molecule has 1 aliphatic rings. The van der Waals surface area contributed by atoms with Gasteiger partial charge in [-0.3, -0.25) is 9.78 Å². The van der Waals surface area contributed by atoms with Crippen molar-refractivity contribution < 1.29 is 13.9 Å². The number of ether oxygens (including phenoxy) is 1. The van der Waals surface area contributed by atoms with E-state index in [9.17, 15) is 4.79 Å². The fourth-order valence-corrected chi connectivity index (χ4v) is 4.02. The summed E-state index contributed by atoms with van der Waals surface area (Å²) in [5, 5.41) is 2.97. The van der Waals surface area contributed by atoms with Gasteiger partial charge in [-0.25, -0.2) is 4.39 Å². The molecule has 2 atom stereocenters. The van der Waals surface area contributed by atoms with Crippen LogP contribution in [0, 0.1) is 18.7 Å². The molecule has 1 aliphatic heterocycles. The summed E-state index contributed by atoms with van der Waals surface area (Å²) in [5.41, 5.74) is 3.69. The van der Waals surface area contributed by atoms with E-state index in [1.807, 2.05) is 52.8 Å². The second-order valence-corrected chi connectivity index (χ2v) is 8.68. The Morgan fingerprint density at radius 1 is 1.27 bits per heavy atom. The van der Waals surface area contributed by atoms with Crippen molar-refractivity contribution >= 4 is 11.6 Å². The third kappa shape index (κ3) is 5.57. The second kappa shape index (κ2) is 9.56. The molecule has 1 aromatic heterocycles. The number of pyridine rings is 1. The van der Waals surface area contributed by atoms with Crippen LogP contribution in [0.15, 0.2) is 30.5 Å². The molecular formula is C24H32FN3O2. The Kier molecular flexibility index (Phi) is 7.08. The molecule has 162 valence electrons. The molecule has 1 N–H and O–H groups in total. The predicted octanol–water partition coefficient (Wildman–Crippen LogP) is 4.47. The quantitative estimate of drug-likeness (QED) is 0.759. The Hall–Kier alpha value is -2.47. The van der Waals surface area contributed by atoms with Crippen molar-refractivity contribution in [3.63, 3.8) is 0 Å². The molecule has 6 heteroatoms. The first-order valence-electron chi connectivity index (χ1n) is 10.7. The lowest BCUT2D eigenvalue weighted by Gasteiger charge is -2.37. The van der Waals surface area contributed by atoms with Crippen LogP contribution in [0.2, 0.25) is 0 Å². The summed E-state index contributed by atoms with van der Waals surface area (Å²) in [4.78, 5) is 18.6. The zero-order chi connectivity index (χ0) is 21.8. The Morgan fingerprint density at radius 2 is 1.97 bits per heavy atom. The number of carbonyl (C=O) groups is 1. The van der Waals surface area contributed by atoms with E-state index in [2.05, 4.69) is 15.2 Å². The fraction of sp³-hybridized carbons (Fsp3) is 0.500. The number of hydrogen-bond acceptors (Lipinski definition) is 4. The largest absolute Gasteiger partial charge is 0.372 e. The van der Waals surface area contributed by atoms with Gasteiger partial charge in [-0.05, 0) is 62.1 Å². The molecule has 1 fully saturated rings. The van der Waals surface area contributed by atoms with Crippen molar-refractivity contribution in [2.75, 3.05) is 18.0 Å². The van der Waals surface area contributed by atoms with Crippen LogP contribution in [0.5, 0.6) is 0 Å². The molecule has 3 rings (SSSR count). The van der Waals surface area contributed by atoms with Crippen molar-refractivity contribution in [1.29, 1.82) is 0 Å². The zero-order valence-electron chi connectivity index (χ0n) is 18.5. The van der Waals surface area contributed by atoms with Crippen LogP contribution >= 0.6 is 0 Å². The van der Waals surface area contributed by atoms with Gasteiger partial charge >= 0.3 is 0 Å². The first-order valence-corrected chi connectivity index (χ1v) is 10.7. The van der Waals surface area contributed by atoms with Crippen LogP contribution in [0.25, 0.3) is 11.1 Å². The number of anilines is 1. The maximum Gasteiger partial charge on any atom is 0.220 e. The summed E-state index contributed by atoms with van der Waals surface area (Å²) in [7, 11) is 0. The molecule has 5 nitrogen and oxygen atoms in total. The summed E-state index contributed by atoms with van der Waals surface area (Å²) >= 11 is 0. The van der Waals surface area contributed by atoms with Gasteiger partial charge in [0.2, 0.25) is 5.91 Å². The van der Waals surface area contributed by atoms with Crippen LogP contribution in [0.3, 0.4) is 0 Å². The molecule has 0 aliphatic carbocycles. The lowest BCUT2D eigenvalue weighted by molar-refractivity contribution is -0.121. The highest BCUT2D eigenvalue weighted by atomic mass is 19.1. The van der Waals surface area contributed by atoms with Crippen molar-refractivity contribution in [2.24, 2.45) is 5.92 Å². The van der Waals surface area contributed by atoms with Crippen molar-refractivity contribution in [3.8, 4) is 11.1 Å². The third-order valence-electron chi connectivity index (χ3n) is 5.20. The molecule has 0 spiro atoms. The SMILES string of the molecule is Cc1cc(-c2c(F)cc(N3C[C@@H](C)O[C@@H](C)C3)cc2CNC(=O)CC(C)C)ccn1. The van der Waals surface area contributed by atoms with Crippen molar-refractivity contribution in [3.05, 3.63) is 47.5 Å². The minimum Gasteiger partial charge on any atom is -0.372 e. The smallest absolute Gasteiger partial charge is 0.220 e. The molecule has 0 saturated carbocycles. The fourth-order valence-electron chi connectivity index (χ4n) is 4.02. The maximum absolute atomic E-state index is 15.4. The van der Waals surface area contributed by atoms with Crippen molar-refractivity contribution in [1.82, 2.24) is 10.3 Å². The number of carbonyl (C=O) groups excluding carboxylic acids is 1. The molecule has 1 aromatic carbocycles. The van der Waals surface area contributed by atoms with E-state index in [0.29, 0.717) is 25.1 Å². The second-order valence-electron chi connectivity index (χ2n) is 8.68. The summed E-state index contributed by atoms with van der Waals surface area (Å²) < 4.78 is 21.2. The predicted molar refractivity (Wildman–Crippen MR) is 118 cm³/mol. The summed E-state index contributed by atoms with van der Waals surface area (Å²) in [6.07, 6.45) is 2.29. The van der Waals surface area contributed by atoms with E-state index in [1.54, 1.807) is 12.3 Å². The van der Waals surface area contributed by atoms with Gasteiger partial charge in [0.15, 0.2) is 0 Å². The van der Waals surface area contributed by atoms with Gasteiger partial charge in [0.1, 0.15) is 5.82 Å². The Labute approximate surface area is 178 Å². The van der Waals surface area contributed by atoms with Gasteiger partial charge in [-0.1, -0.05) is 13.8 Å². The minimum atomic E-state index is -0.294. The Balaban J connectivity index is 1.98. The van der Waals surface area contributed by atoms with E-state index in [1.165, 1.54) is 0 Å². The monoisotopic (exact) mass is 413 g/mol. The minimum absolute atomic E-state index is 0.0266. The maximum atomic E-state index is 15.4. The number of hydrogen-bond donors (Lipinski definition) is 1. The van der Waals surface area contributed by atoms with Crippen LogP contribution in [0.4, 0.5) is 10.1 Å². The average molecular weight is 414 g/mol. The number of halogens is 1. The summed E-state index contributed by atoms with van der Waals surface area (Å²) in [6, 6.07) is 7.27. The van der Waals surface area contributed by atoms with Gasteiger partial charge < -0.3 is 15.0 Å². The van der Waals surface area contributed by atoms with Crippen LogP contribution in [-0.2, 0) is 16.1 Å². The standard InChI is InChI=1S/C24H32FN3O2/c1-15(2)8-23(29)27-12-20-10-21(28-13-17(4)30-18(5)14-28)11-22(25)24(20)19-6-7-26-16(3)9-19/h6-7,9-11,15,17-18H,8,12-14H2,1-5H3,(H,27,29)/t17-,18+. The average Bonchev–Trinajstić information content (AvgIpc) is 2.64. The number of rotatable bonds is 6. The number of amides is 1. The summed E-state index contributed by atoms with van der Waals surface area (Å²) in [6.45, 7) is 11.6. The van der Waals surface area contributed by atoms with Crippen LogP contribution in [0.1, 0.15) is 45.4 Å². The van der Waals surface area contributed by atoms with Gasteiger partial charge in [-0.15, -0.1) is 0 Å². The highest BCUT2D eigenvalue weighted by molar-refractivity contribution is 5.77. The van der Waals surface area contributed by atoms with E-state index in [-0.39, 0.29) is 36.4 Å². The number of benzene rings is 1. The molecule has 0 radical (unpaired) electrons. The first kappa shape index (κ1) is 22.2. The van der Waals surface area contributed by atoms with Crippen LogP contribution in [-0.4, -0.2) is 36.2 Å². The molecule has 30 heavy (non-hydrogen) atoms. The number of aryl methyl sites for hydroxylation is 1. The molecule has 1 amide bonds. The molecule has 1 saturated heterocycles. The van der Waals surface area contributed by atoms with Gasteiger partial charge in [0.25, 0.3) is 0 Å². The van der Waals surface area contributed by atoms with Gasteiger partial charge in [-0.2, -0.15) is 0 Å². The van der Waals surface area contributed by atoms with E-state index < -0.39 is 0 Å². The molecule has 0 unspecified atom stereocenters. The zero-order valence-corrected chi connectivity index (χ0v) is 18.5. The van der Waals surface area contributed by atoms with E-state index in [0.717, 1.165) is 22.5 Å². The molecule has 2 heterocycles. The number of nitrogens with zero attached hydrogens (tertiary/aromatic N) is 2. The Morgan fingerprint density at radius 3 is 2.60 bits per heavy atom. The summed E-state index contributed by atoms with van der Waals surface area (Å²) in [5.74, 6) is -0.0500. The molecule has 0 bridgehead atoms. The normalized spacial score (nSPS) is 19.2.